The van der Waals surface area contributed by atoms with Gasteiger partial charge in [-0.05, 0) is 58.7 Å². The van der Waals surface area contributed by atoms with Crippen molar-refractivity contribution in [1.29, 1.82) is 21.0 Å². The zero-order valence-electron chi connectivity index (χ0n) is 23.2. The number of hydrogen-bond donors (Lipinski definition) is 0. The van der Waals surface area contributed by atoms with Crippen molar-refractivity contribution in [3.05, 3.63) is 82.9 Å². The predicted molar refractivity (Wildman–Crippen MR) is 164 cm³/mol. The molecule has 0 spiro atoms. The van der Waals surface area contributed by atoms with Gasteiger partial charge in [-0.1, -0.05) is 74.2 Å². The minimum Gasteiger partial charge on any atom is -0.492 e. The maximum Gasteiger partial charge on any atom is 0.135 e. The topological polar surface area (TPSA) is 114 Å². The van der Waals surface area contributed by atoms with E-state index in [2.05, 4.69) is 0 Å². The van der Waals surface area contributed by atoms with E-state index in [9.17, 15) is 21.0 Å². The summed E-state index contributed by atoms with van der Waals surface area (Å²) in [5.41, 5.74) is 2.76. The molecular formula is C36H28N4O2. The van der Waals surface area contributed by atoms with E-state index in [4.69, 9.17) is 9.47 Å². The van der Waals surface area contributed by atoms with Gasteiger partial charge in [-0.2, -0.15) is 21.0 Å². The lowest BCUT2D eigenvalue weighted by Gasteiger charge is -2.23. The van der Waals surface area contributed by atoms with Crippen LogP contribution in [0.2, 0.25) is 0 Å². The van der Waals surface area contributed by atoms with Crippen molar-refractivity contribution in [3.8, 4) is 46.9 Å². The molecule has 42 heavy (non-hydrogen) atoms. The molecule has 0 aromatic heterocycles. The van der Waals surface area contributed by atoms with Crippen LogP contribution in [-0.4, -0.2) is 13.2 Å². The van der Waals surface area contributed by atoms with Crippen LogP contribution in [0.4, 0.5) is 0 Å². The van der Waals surface area contributed by atoms with Gasteiger partial charge in [0, 0.05) is 22.3 Å². The summed E-state index contributed by atoms with van der Waals surface area (Å²) in [6, 6.07) is 27.7. The third-order valence-corrected chi connectivity index (χ3v) is 7.42. The fraction of sp³-hybridized carbons (Fsp3) is 0.222. The summed E-state index contributed by atoms with van der Waals surface area (Å²) in [7, 11) is 0. The van der Waals surface area contributed by atoms with Gasteiger partial charge in [0.1, 0.15) is 46.9 Å². The summed E-state index contributed by atoms with van der Waals surface area (Å²) in [6.45, 7) is 0.947. The van der Waals surface area contributed by atoms with Gasteiger partial charge in [0.25, 0.3) is 0 Å². The third kappa shape index (κ3) is 5.81. The van der Waals surface area contributed by atoms with Gasteiger partial charge in [-0.3, -0.25) is 0 Å². The molecule has 0 N–H and O–H groups in total. The highest BCUT2D eigenvalue weighted by Gasteiger charge is 2.24. The second-order valence-corrected chi connectivity index (χ2v) is 10.2. The van der Waals surface area contributed by atoms with E-state index in [-0.39, 0.29) is 11.1 Å². The normalized spacial score (nSPS) is 13.2. The largest absolute Gasteiger partial charge is 0.492 e. The predicted octanol–water partition coefficient (Wildman–Crippen LogP) is 8.63. The maximum atomic E-state index is 9.62. The van der Waals surface area contributed by atoms with E-state index in [1.54, 1.807) is 12.2 Å². The van der Waals surface area contributed by atoms with Gasteiger partial charge < -0.3 is 9.47 Å². The molecule has 4 aromatic carbocycles. The molecule has 0 aliphatic carbocycles. The van der Waals surface area contributed by atoms with Crippen LogP contribution in [0.3, 0.4) is 0 Å². The van der Waals surface area contributed by atoms with Gasteiger partial charge in [0.05, 0.1) is 13.2 Å². The van der Waals surface area contributed by atoms with Crippen LogP contribution in [-0.2, 0) is 0 Å². The number of benzene rings is 4. The van der Waals surface area contributed by atoms with Crippen LogP contribution >= 0.6 is 0 Å². The molecule has 4 aromatic rings. The molecule has 0 saturated heterocycles. The van der Waals surface area contributed by atoms with E-state index in [0.717, 1.165) is 71.2 Å². The van der Waals surface area contributed by atoms with Crippen LogP contribution in [0.1, 0.15) is 49.7 Å². The van der Waals surface area contributed by atoms with Crippen molar-refractivity contribution >= 4 is 33.7 Å². The molecule has 6 nitrogen and oxygen atoms in total. The van der Waals surface area contributed by atoms with Crippen molar-refractivity contribution in [2.24, 2.45) is 0 Å². The van der Waals surface area contributed by atoms with Crippen LogP contribution in [0.25, 0.3) is 44.8 Å². The summed E-state index contributed by atoms with van der Waals surface area (Å²) >= 11 is 0. The maximum absolute atomic E-state index is 9.62. The molecule has 1 aliphatic heterocycles. The van der Waals surface area contributed by atoms with Crippen LogP contribution in [0.15, 0.2) is 71.8 Å². The van der Waals surface area contributed by atoms with E-state index in [1.807, 2.05) is 84.9 Å². The Bertz CT molecular complexity index is 1720. The quantitative estimate of drug-likeness (QED) is 0.232. The lowest BCUT2D eigenvalue weighted by atomic mass is 9.88. The molecule has 0 radical (unpaired) electrons. The van der Waals surface area contributed by atoms with Crippen molar-refractivity contribution in [1.82, 2.24) is 0 Å². The lowest BCUT2D eigenvalue weighted by molar-refractivity contribution is 0.294. The Hall–Kier alpha value is -5.56. The first-order valence-corrected chi connectivity index (χ1v) is 14.1. The molecule has 204 valence electrons. The zero-order valence-corrected chi connectivity index (χ0v) is 23.2. The average molecular weight is 549 g/mol. The monoisotopic (exact) mass is 548 g/mol. The fourth-order valence-electron chi connectivity index (χ4n) is 5.47. The van der Waals surface area contributed by atoms with Gasteiger partial charge in [-0.25, -0.2) is 0 Å². The molecule has 5 rings (SSSR count). The van der Waals surface area contributed by atoms with E-state index in [0.29, 0.717) is 35.8 Å². The number of allylic oxidation sites excluding steroid dienone is 2. The van der Waals surface area contributed by atoms with E-state index >= 15 is 0 Å². The van der Waals surface area contributed by atoms with E-state index in [1.165, 1.54) is 0 Å². The van der Waals surface area contributed by atoms with E-state index < -0.39 is 0 Å². The number of nitrogens with zero attached hydrogens (tertiary/aromatic N) is 4. The highest BCUT2D eigenvalue weighted by molar-refractivity contribution is 6.12. The number of fused-ring (bicyclic) bond motifs is 7. The molecule has 6 heteroatoms. The van der Waals surface area contributed by atoms with Crippen molar-refractivity contribution < 1.29 is 9.47 Å². The molecule has 0 saturated carbocycles. The molecular weight excluding hydrogens is 520 g/mol. The number of nitriles is 4. The molecule has 1 heterocycles. The molecule has 1 aliphatic rings. The minimum absolute atomic E-state index is 0.0267. The van der Waals surface area contributed by atoms with Crippen molar-refractivity contribution in [3.63, 3.8) is 0 Å². The smallest absolute Gasteiger partial charge is 0.135 e. The average Bonchev–Trinajstić information content (AvgIpc) is 3.02. The third-order valence-electron chi connectivity index (χ3n) is 7.42. The summed E-state index contributed by atoms with van der Waals surface area (Å²) in [4.78, 5) is 0. The van der Waals surface area contributed by atoms with Gasteiger partial charge >= 0.3 is 0 Å². The van der Waals surface area contributed by atoms with Crippen molar-refractivity contribution in [2.45, 2.75) is 38.5 Å². The highest BCUT2D eigenvalue weighted by Crippen LogP contribution is 2.49. The first kappa shape index (κ1) is 28.0. The Morgan fingerprint density at radius 3 is 1.33 bits per heavy atom. The fourth-order valence-corrected chi connectivity index (χ4v) is 5.47. The van der Waals surface area contributed by atoms with Crippen LogP contribution in [0.5, 0.6) is 11.5 Å². The van der Waals surface area contributed by atoms with Crippen LogP contribution in [0, 0.1) is 45.3 Å². The van der Waals surface area contributed by atoms with Crippen molar-refractivity contribution in [2.75, 3.05) is 13.2 Å². The summed E-state index contributed by atoms with van der Waals surface area (Å²) in [5, 5.41) is 42.1. The van der Waals surface area contributed by atoms with Gasteiger partial charge in [0.15, 0.2) is 0 Å². The Kier molecular flexibility index (Phi) is 8.79. The zero-order chi connectivity index (χ0) is 29.3. The molecule has 0 fully saturated rings. The summed E-state index contributed by atoms with van der Waals surface area (Å²) in [5.74, 6) is 1.12. The standard InChI is InChI=1S/C36H28N4O2/c37-21-25(22-38)17-29-19-27-11-5-7-13-31(27)33-34-32-14-8-6-12-28(32)20-30(18-26(23-39)24-40)36(34)42-16-10-4-2-1-3-9-15-41-35(29)33/h5-8,11-14,17-20H,1-4,9-10,15-16H2. The first-order chi connectivity index (χ1) is 20.7. The highest BCUT2D eigenvalue weighted by atomic mass is 16.5. The SMILES string of the molecule is N#CC(C#N)=Cc1cc2ccccc2c2c1OCCCCCCCCOc1c(C=C(C#N)C#N)cc3ccccc3c1-2. The Morgan fingerprint density at radius 1 is 0.548 bits per heavy atom. The first-order valence-electron chi connectivity index (χ1n) is 14.1. The lowest BCUT2D eigenvalue weighted by Crippen LogP contribution is -2.06. The second kappa shape index (κ2) is 13.2. The molecule has 0 bridgehead atoms. The second-order valence-electron chi connectivity index (χ2n) is 10.2. The number of ether oxygens (including phenoxy) is 2. The number of hydrogen-bond acceptors (Lipinski definition) is 6. The minimum atomic E-state index is -0.0267. The van der Waals surface area contributed by atoms with Gasteiger partial charge in [-0.15, -0.1) is 0 Å². The number of rotatable bonds is 2. The van der Waals surface area contributed by atoms with Gasteiger partial charge in [0.2, 0.25) is 0 Å². The Labute approximate surface area is 245 Å². The van der Waals surface area contributed by atoms with Crippen LogP contribution < -0.4 is 9.47 Å². The summed E-state index contributed by atoms with van der Waals surface area (Å²) in [6.07, 6.45) is 9.16. The molecule has 0 amide bonds. The Balaban J connectivity index is 1.97. The Morgan fingerprint density at radius 2 is 0.929 bits per heavy atom. The molecule has 0 unspecified atom stereocenters. The molecule has 0 atom stereocenters. The summed E-state index contributed by atoms with van der Waals surface area (Å²) < 4.78 is 13.2.